The molecule has 0 bridgehead atoms. The number of nitrogen functional groups attached to an aromatic ring is 1. The lowest BCUT2D eigenvalue weighted by atomic mass is 10.2. The molecule has 0 spiro atoms. The summed E-state index contributed by atoms with van der Waals surface area (Å²) >= 11 is 0. The van der Waals surface area contributed by atoms with Crippen LogP contribution in [0.2, 0.25) is 0 Å². The minimum Gasteiger partial charge on any atom is -0.397 e. The molecule has 1 amide bonds. The molecule has 1 unspecified atom stereocenters. The molecule has 2 rings (SSSR count). The Kier molecular flexibility index (Phi) is 4.20. The first-order valence-electron chi connectivity index (χ1n) is 6.13. The Labute approximate surface area is 120 Å². The number of nitrogens with two attached hydrogens (primary N) is 1. The van der Waals surface area contributed by atoms with Crippen LogP contribution in [0.15, 0.2) is 52.3 Å². The van der Waals surface area contributed by atoms with Crippen molar-refractivity contribution in [1.82, 2.24) is 0 Å². The summed E-state index contributed by atoms with van der Waals surface area (Å²) in [5.41, 5.74) is 7.78. The van der Waals surface area contributed by atoms with E-state index in [2.05, 4.69) is 5.32 Å². The molecule has 0 saturated heterocycles. The number of hydrogen-bond donors (Lipinski definition) is 2. The fourth-order valence-electron chi connectivity index (χ4n) is 1.85. The van der Waals surface area contributed by atoms with Gasteiger partial charge in [0.15, 0.2) is 0 Å². The van der Waals surface area contributed by atoms with Gasteiger partial charge >= 0.3 is 0 Å². The van der Waals surface area contributed by atoms with Crippen molar-refractivity contribution < 1.29 is 9.00 Å². The van der Waals surface area contributed by atoms with Crippen LogP contribution in [0.4, 0.5) is 11.4 Å². The lowest BCUT2D eigenvalue weighted by Gasteiger charge is -2.10. The Morgan fingerprint density at radius 1 is 1.20 bits per heavy atom. The van der Waals surface area contributed by atoms with Crippen LogP contribution in [0, 0.1) is 6.92 Å². The number of anilines is 2. The topological polar surface area (TPSA) is 72.2 Å². The first-order chi connectivity index (χ1) is 9.49. The Hall–Kier alpha value is -2.14. The number of amides is 1. The molecule has 2 aromatic carbocycles. The van der Waals surface area contributed by atoms with Crippen LogP contribution in [0.5, 0.6) is 0 Å². The highest BCUT2D eigenvalue weighted by Gasteiger charge is 2.11. The largest absolute Gasteiger partial charge is 0.397 e. The molecule has 3 N–H and O–H groups in total. The summed E-state index contributed by atoms with van der Waals surface area (Å²) in [6.45, 7) is 3.33. The van der Waals surface area contributed by atoms with E-state index in [9.17, 15) is 9.00 Å². The summed E-state index contributed by atoms with van der Waals surface area (Å²) in [4.78, 5) is 12.4. The highest BCUT2D eigenvalue weighted by atomic mass is 32.2. The summed E-state index contributed by atoms with van der Waals surface area (Å²) < 4.78 is 12.5. The quantitative estimate of drug-likeness (QED) is 0.853. The van der Waals surface area contributed by atoms with Gasteiger partial charge in [-0.3, -0.25) is 4.79 Å². The standard InChI is InChI=1S/C15H16N2O2S/c1-10-5-3-4-6-15(10)20(19)12-7-8-14(13(16)9-12)17-11(2)18/h3-9H,16H2,1-2H3,(H,17,18). The van der Waals surface area contributed by atoms with Crippen molar-refractivity contribution in [2.24, 2.45) is 0 Å². The van der Waals surface area contributed by atoms with E-state index in [-0.39, 0.29) is 5.91 Å². The average molecular weight is 288 g/mol. The van der Waals surface area contributed by atoms with Gasteiger partial charge in [-0.05, 0) is 36.8 Å². The molecule has 0 saturated carbocycles. The van der Waals surface area contributed by atoms with Gasteiger partial charge in [-0.1, -0.05) is 18.2 Å². The van der Waals surface area contributed by atoms with E-state index >= 15 is 0 Å². The van der Waals surface area contributed by atoms with Crippen LogP contribution in [0.25, 0.3) is 0 Å². The second-order valence-electron chi connectivity index (χ2n) is 4.46. The zero-order valence-corrected chi connectivity index (χ0v) is 12.2. The zero-order chi connectivity index (χ0) is 14.7. The molecule has 2 aromatic rings. The highest BCUT2D eigenvalue weighted by molar-refractivity contribution is 7.85. The van der Waals surface area contributed by atoms with Crippen molar-refractivity contribution in [3.8, 4) is 0 Å². The van der Waals surface area contributed by atoms with E-state index in [1.165, 1.54) is 6.92 Å². The minimum atomic E-state index is -1.28. The third-order valence-electron chi connectivity index (χ3n) is 2.84. The molecule has 104 valence electrons. The predicted octanol–water partition coefficient (Wildman–Crippen LogP) is 2.70. The molecule has 1 atom stereocenters. The fraction of sp³-hybridized carbons (Fsp3) is 0.133. The van der Waals surface area contributed by atoms with E-state index < -0.39 is 10.8 Å². The normalized spacial score (nSPS) is 11.9. The van der Waals surface area contributed by atoms with E-state index in [1.807, 2.05) is 31.2 Å². The molecule has 0 aliphatic carbocycles. The number of nitrogens with one attached hydrogen (secondary N) is 1. The maximum absolute atomic E-state index is 12.5. The van der Waals surface area contributed by atoms with Gasteiger partial charge in [-0.25, -0.2) is 4.21 Å². The molecule has 0 radical (unpaired) electrons. The summed E-state index contributed by atoms with van der Waals surface area (Å²) in [6, 6.07) is 12.5. The molecule has 4 nitrogen and oxygen atoms in total. The van der Waals surface area contributed by atoms with Gasteiger partial charge in [-0.2, -0.15) is 0 Å². The third kappa shape index (κ3) is 3.05. The number of benzene rings is 2. The van der Waals surface area contributed by atoms with Crippen LogP contribution >= 0.6 is 0 Å². The van der Waals surface area contributed by atoms with Crippen molar-refractivity contribution >= 4 is 28.1 Å². The molecule has 20 heavy (non-hydrogen) atoms. The maximum Gasteiger partial charge on any atom is 0.221 e. The van der Waals surface area contributed by atoms with Crippen LogP contribution in [-0.4, -0.2) is 10.1 Å². The van der Waals surface area contributed by atoms with Gasteiger partial charge in [0.05, 0.1) is 22.2 Å². The second-order valence-corrected chi connectivity index (χ2v) is 5.91. The summed E-state index contributed by atoms with van der Waals surface area (Å²) in [5, 5.41) is 2.63. The van der Waals surface area contributed by atoms with Crippen LogP contribution in [-0.2, 0) is 15.6 Å². The van der Waals surface area contributed by atoms with Gasteiger partial charge in [0.2, 0.25) is 5.91 Å². The average Bonchev–Trinajstić information content (AvgIpc) is 2.40. The lowest BCUT2D eigenvalue weighted by Crippen LogP contribution is -2.08. The fourth-order valence-corrected chi connectivity index (χ4v) is 3.09. The summed E-state index contributed by atoms with van der Waals surface area (Å²) in [6.07, 6.45) is 0. The Morgan fingerprint density at radius 3 is 2.50 bits per heavy atom. The Balaban J connectivity index is 2.35. The van der Waals surface area contributed by atoms with Crippen molar-refractivity contribution in [2.45, 2.75) is 23.6 Å². The SMILES string of the molecule is CC(=O)Nc1ccc(S(=O)c2ccccc2C)cc1N. The van der Waals surface area contributed by atoms with Gasteiger partial charge in [0.1, 0.15) is 0 Å². The molecular weight excluding hydrogens is 272 g/mol. The van der Waals surface area contributed by atoms with Gasteiger partial charge in [0, 0.05) is 16.7 Å². The number of hydrogen-bond acceptors (Lipinski definition) is 3. The van der Waals surface area contributed by atoms with Gasteiger partial charge < -0.3 is 11.1 Å². The number of carbonyl (C=O) groups is 1. The summed E-state index contributed by atoms with van der Waals surface area (Å²) in [7, 11) is -1.28. The molecule has 0 aliphatic rings. The van der Waals surface area contributed by atoms with Gasteiger partial charge in [-0.15, -0.1) is 0 Å². The molecular formula is C15H16N2O2S. The van der Waals surface area contributed by atoms with E-state index in [0.717, 1.165) is 10.5 Å². The number of rotatable bonds is 3. The van der Waals surface area contributed by atoms with Gasteiger partial charge in [0.25, 0.3) is 0 Å². The number of carbonyl (C=O) groups excluding carboxylic acids is 1. The highest BCUT2D eigenvalue weighted by Crippen LogP contribution is 2.25. The monoisotopic (exact) mass is 288 g/mol. The van der Waals surface area contributed by atoms with Crippen molar-refractivity contribution in [2.75, 3.05) is 11.1 Å². The third-order valence-corrected chi connectivity index (χ3v) is 4.38. The lowest BCUT2D eigenvalue weighted by molar-refractivity contribution is -0.114. The van der Waals surface area contributed by atoms with Crippen molar-refractivity contribution in [1.29, 1.82) is 0 Å². The zero-order valence-electron chi connectivity index (χ0n) is 11.3. The predicted molar refractivity (Wildman–Crippen MR) is 81.0 cm³/mol. The molecule has 0 aliphatic heterocycles. The van der Waals surface area contributed by atoms with Crippen molar-refractivity contribution in [3.05, 3.63) is 48.0 Å². The number of aryl methyl sites for hydroxylation is 1. The first-order valence-corrected chi connectivity index (χ1v) is 7.28. The Morgan fingerprint density at radius 2 is 1.90 bits per heavy atom. The van der Waals surface area contributed by atoms with E-state index in [0.29, 0.717) is 16.3 Å². The van der Waals surface area contributed by atoms with Crippen LogP contribution in [0.1, 0.15) is 12.5 Å². The maximum atomic E-state index is 12.5. The van der Waals surface area contributed by atoms with Crippen LogP contribution in [0.3, 0.4) is 0 Å². The second kappa shape index (κ2) is 5.88. The summed E-state index contributed by atoms with van der Waals surface area (Å²) in [5.74, 6) is -0.190. The van der Waals surface area contributed by atoms with E-state index in [4.69, 9.17) is 5.73 Å². The van der Waals surface area contributed by atoms with E-state index in [1.54, 1.807) is 18.2 Å². The smallest absolute Gasteiger partial charge is 0.221 e. The molecule has 0 heterocycles. The Bertz CT molecular complexity index is 683. The minimum absolute atomic E-state index is 0.190. The first kappa shape index (κ1) is 14.3. The van der Waals surface area contributed by atoms with Crippen molar-refractivity contribution in [3.63, 3.8) is 0 Å². The molecule has 0 aromatic heterocycles. The van der Waals surface area contributed by atoms with Crippen LogP contribution < -0.4 is 11.1 Å². The molecule has 5 heteroatoms. The molecule has 0 fully saturated rings.